The van der Waals surface area contributed by atoms with Gasteiger partial charge >= 0.3 is 0 Å². The van der Waals surface area contributed by atoms with E-state index in [1.54, 1.807) is 19.2 Å². The minimum atomic E-state index is -0.805. The zero-order chi connectivity index (χ0) is 23.1. The number of nitrogens with zero attached hydrogens (tertiary/aromatic N) is 4. The highest BCUT2D eigenvalue weighted by atomic mass is 16.5. The standard InChI is InChI=1S/C24H23N5O4/c1-27-17-9-5-6-10-19(17)33-14-18(23(27)31)28-12-11-16-20(22(25)30)26-29(21(16)24(28)32)13-15-7-3-2-4-8-15/h2-10,18H,11-14H2,1H3,(H2,25,30)/t18-/m0/s1. The number of nitrogens with two attached hydrogens (primary N) is 1. The molecule has 3 aromatic rings. The summed E-state index contributed by atoms with van der Waals surface area (Å²) in [6.07, 6.45) is 0.370. The van der Waals surface area contributed by atoms with Gasteiger partial charge in [0, 0.05) is 19.2 Å². The van der Waals surface area contributed by atoms with E-state index in [1.807, 2.05) is 42.5 Å². The Morgan fingerprint density at radius 1 is 1.12 bits per heavy atom. The van der Waals surface area contributed by atoms with E-state index in [-0.39, 0.29) is 36.4 Å². The first kappa shape index (κ1) is 20.7. The third kappa shape index (κ3) is 3.51. The second-order valence-corrected chi connectivity index (χ2v) is 8.12. The van der Waals surface area contributed by atoms with Crippen molar-refractivity contribution in [3.8, 4) is 5.75 Å². The van der Waals surface area contributed by atoms with Gasteiger partial charge in [0.1, 0.15) is 24.1 Å². The Morgan fingerprint density at radius 3 is 2.61 bits per heavy atom. The van der Waals surface area contributed by atoms with Crippen LogP contribution >= 0.6 is 0 Å². The van der Waals surface area contributed by atoms with Crippen molar-refractivity contribution in [1.82, 2.24) is 14.7 Å². The number of rotatable bonds is 4. The molecule has 9 nitrogen and oxygen atoms in total. The molecule has 2 aliphatic rings. The average Bonchev–Trinajstić information content (AvgIpc) is 3.14. The molecule has 1 aromatic heterocycles. The molecule has 0 spiro atoms. The maximum Gasteiger partial charge on any atom is 0.273 e. The fourth-order valence-corrected chi connectivity index (χ4v) is 4.47. The SMILES string of the molecule is CN1C(=O)[C@@H](N2CCc3c(C(N)=O)nn(Cc4ccccc4)c3C2=O)COc2ccccc21. The van der Waals surface area contributed by atoms with Gasteiger partial charge in [-0.15, -0.1) is 0 Å². The number of fused-ring (bicyclic) bond motifs is 2. The van der Waals surface area contributed by atoms with Crippen LogP contribution in [0.3, 0.4) is 0 Å². The maximum absolute atomic E-state index is 13.7. The summed E-state index contributed by atoms with van der Waals surface area (Å²) in [5, 5.41) is 4.37. The molecule has 3 amide bonds. The Labute approximate surface area is 190 Å². The lowest BCUT2D eigenvalue weighted by atomic mass is 10.0. The largest absolute Gasteiger partial charge is 0.489 e. The molecule has 2 aliphatic heterocycles. The van der Waals surface area contributed by atoms with E-state index in [1.165, 1.54) is 14.5 Å². The van der Waals surface area contributed by atoms with Crippen molar-refractivity contribution < 1.29 is 19.1 Å². The molecule has 1 atom stereocenters. The van der Waals surface area contributed by atoms with Crippen molar-refractivity contribution in [3.05, 3.63) is 77.1 Å². The van der Waals surface area contributed by atoms with Gasteiger partial charge in [0.2, 0.25) is 0 Å². The van der Waals surface area contributed by atoms with Crippen LogP contribution < -0.4 is 15.4 Å². The highest BCUT2D eigenvalue weighted by Crippen LogP contribution is 2.32. The normalized spacial score (nSPS) is 17.8. The Balaban J connectivity index is 1.51. The van der Waals surface area contributed by atoms with Gasteiger partial charge < -0.3 is 20.3 Å². The molecular weight excluding hydrogens is 422 g/mol. The minimum absolute atomic E-state index is 0.0385. The van der Waals surface area contributed by atoms with Crippen molar-refractivity contribution in [2.75, 3.05) is 25.1 Å². The van der Waals surface area contributed by atoms with E-state index in [0.29, 0.717) is 30.0 Å². The molecule has 3 heterocycles. The zero-order valence-corrected chi connectivity index (χ0v) is 18.1. The molecule has 0 unspecified atom stereocenters. The Bertz CT molecular complexity index is 1250. The van der Waals surface area contributed by atoms with Gasteiger partial charge in [0.15, 0.2) is 5.69 Å². The number of benzene rings is 2. The van der Waals surface area contributed by atoms with Crippen LogP contribution in [0.2, 0.25) is 0 Å². The van der Waals surface area contributed by atoms with Gasteiger partial charge in [0.05, 0.1) is 12.2 Å². The second kappa shape index (κ2) is 8.09. The van der Waals surface area contributed by atoms with Crippen molar-refractivity contribution in [3.63, 3.8) is 0 Å². The number of amides is 3. The summed E-state index contributed by atoms with van der Waals surface area (Å²) in [5.74, 6) is -0.691. The summed E-state index contributed by atoms with van der Waals surface area (Å²) in [5.41, 5.74) is 8.05. The summed E-state index contributed by atoms with van der Waals surface area (Å²) in [6.45, 7) is 0.598. The number of likely N-dealkylation sites (N-methyl/N-ethyl adjacent to an activating group) is 1. The minimum Gasteiger partial charge on any atom is -0.489 e. The smallest absolute Gasteiger partial charge is 0.273 e. The highest BCUT2D eigenvalue weighted by molar-refractivity contribution is 6.05. The Kier molecular flexibility index (Phi) is 5.08. The summed E-state index contributed by atoms with van der Waals surface area (Å²) in [7, 11) is 1.67. The third-order valence-electron chi connectivity index (χ3n) is 6.14. The molecule has 2 aromatic carbocycles. The van der Waals surface area contributed by atoms with Crippen LogP contribution in [-0.4, -0.2) is 58.6 Å². The summed E-state index contributed by atoms with van der Waals surface area (Å²) >= 11 is 0. The van der Waals surface area contributed by atoms with Crippen molar-refractivity contribution in [2.45, 2.75) is 19.0 Å². The molecule has 5 rings (SSSR count). The lowest BCUT2D eigenvalue weighted by molar-refractivity contribution is -0.123. The number of hydrogen-bond acceptors (Lipinski definition) is 5. The van der Waals surface area contributed by atoms with Gasteiger partial charge in [-0.1, -0.05) is 42.5 Å². The zero-order valence-electron chi connectivity index (χ0n) is 18.1. The number of anilines is 1. The molecule has 0 aliphatic carbocycles. The molecule has 0 radical (unpaired) electrons. The van der Waals surface area contributed by atoms with Crippen LogP contribution in [0.5, 0.6) is 5.75 Å². The first-order valence-corrected chi connectivity index (χ1v) is 10.7. The fraction of sp³-hybridized carbons (Fsp3) is 0.250. The number of carbonyl (C=O) groups excluding carboxylic acids is 3. The maximum atomic E-state index is 13.7. The predicted octanol–water partition coefficient (Wildman–Crippen LogP) is 1.45. The first-order chi connectivity index (χ1) is 16.0. The monoisotopic (exact) mass is 445 g/mol. The summed E-state index contributed by atoms with van der Waals surface area (Å²) in [6, 6.07) is 16.0. The Hall–Kier alpha value is -4.14. The van der Waals surface area contributed by atoms with Crippen LogP contribution in [0.15, 0.2) is 54.6 Å². The number of hydrogen-bond donors (Lipinski definition) is 1. The average molecular weight is 445 g/mol. The van der Waals surface area contributed by atoms with Crippen LogP contribution in [-0.2, 0) is 17.8 Å². The van der Waals surface area contributed by atoms with E-state index in [4.69, 9.17) is 10.5 Å². The van der Waals surface area contributed by atoms with Crippen LogP contribution in [0.1, 0.15) is 32.1 Å². The van der Waals surface area contributed by atoms with Crippen molar-refractivity contribution in [2.24, 2.45) is 5.73 Å². The highest BCUT2D eigenvalue weighted by Gasteiger charge is 2.41. The van der Waals surface area contributed by atoms with Gasteiger partial charge in [-0.25, -0.2) is 0 Å². The molecule has 0 saturated carbocycles. The second-order valence-electron chi connectivity index (χ2n) is 8.12. The molecular formula is C24H23N5O4. The summed E-state index contributed by atoms with van der Waals surface area (Å²) in [4.78, 5) is 42.1. The molecule has 2 N–H and O–H groups in total. The fourth-order valence-electron chi connectivity index (χ4n) is 4.47. The number of primary amides is 1. The third-order valence-corrected chi connectivity index (χ3v) is 6.14. The molecule has 0 bridgehead atoms. The van der Waals surface area contributed by atoms with E-state index in [0.717, 1.165) is 5.56 Å². The van der Waals surface area contributed by atoms with Gasteiger partial charge in [0.25, 0.3) is 17.7 Å². The first-order valence-electron chi connectivity index (χ1n) is 10.7. The van der Waals surface area contributed by atoms with Crippen LogP contribution in [0, 0.1) is 0 Å². The quantitative estimate of drug-likeness (QED) is 0.654. The molecule has 33 heavy (non-hydrogen) atoms. The molecule has 168 valence electrons. The van der Waals surface area contributed by atoms with E-state index in [2.05, 4.69) is 5.10 Å². The van der Waals surface area contributed by atoms with Crippen molar-refractivity contribution >= 4 is 23.4 Å². The van der Waals surface area contributed by atoms with Crippen LogP contribution in [0.25, 0.3) is 0 Å². The van der Waals surface area contributed by atoms with Gasteiger partial charge in [-0.05, 0) is 24.1 Å². The topological polar surface area (TPSA) is 111 Å². The number of carbonyl (C=O) groups is 3. The van der Waals surface area contributed by atoms with Gasteiger partial charge in [-0.2, -0.15) is 5.10 Å². The molecule has 0 fully saturated rings. The molecule has 0 saturated heterocycles. The van der Waals surface area contributed by atoms with Crippen molar-refractivity contribution in [1.29, 1.82) is 0 Å². The Morgan fingerprint density at radius 2 is 1.85 bits per heavy atom. The predicted molar refractivity (Wildman–Crippen MR) is 120 cm³/mol. The van der Waals surface area contributed by atoms with E-state index < -0.39 is 11.9 Å². The lowest BCUT2D eigenvalue weighted by Gasteiger charge is -2.34. The van der Waals surface area contributed by atoms with E-state index >= 15 is 0 Å². The lowest BCUT2D eigenvalue weighted by Crippen LogP contribution is -2.54. The van der Waals surface area contributed by atoms with Gasteiger partial charge in [-0.3, -0.25) is 19.1 Å². The summed E-state index contributed by atoms with van der Waals surface area (Å²) < 4.78 is 7.42. The van der Waals surface area contributed by atoms with E-state index in [9.17, 15) is 14.4 Å². The van der Waals surface area contributed by atoms with Crippen LogP contribution in [0.4, 0.5) is 5.69 Å². The number of para-hydroxylation sites is 2. The number of aromatic nitrogens is 2. The number of ether oxygens (including phenoxy) is 1. The molecule has 9 heteroatoms.